The zero-order valence-corrected chi connectivity index (χ0v) is 8.93. The van der Waals surface area contributed by atoms with Gasteiger partial charge in [0.05, 0.1) is 0 Å². The molecule has 0 aromatic carbocycles. The van der Waals surface area contributed by atoms with Crippen molar-refractivity contribution in [2.45, 2.75) is 51.9 Å². The van der Waals surface area contributed by atoms with E-state index in [-0.39, 0.29) is 12.5 Å². The van der Waals surface area contributed by atoms with Gasteiger partial charge in [0.15, 0.2) is 0 Å². The van der Waals surface area contributed by atoms with Crippen molar-refractivity contribution in [1.29, 1.82) is 0 Å². The largest absolute Gasteiger partial charge is 0.404 e. The van der Waals surface area contributed by atoms with Gasteiger partial charge in [0.25, 0.3) is 0 Å². The standard InChI is InChI=1S/C10H18F3N/c1-7(2)14-6-8(3)4-5-9(14)10(11,12)13/h7-9H,4-6H2,1-3H3. The van der Waals surface area contributed by atoms with Gasteiger partial charge < -0.3 is 0 Å². The summed E-state index contributed by atoms with van der Waals surface area (Å²) in [6.07, 6.45) is -3.12. The second-order valence-corrected chi connectivity index (χ2v) is 4.53. The first kappa shape index (κ1) is 11.8. The van der Waals surface area contributed by atoms with Crippen LogP contribution in [0, 0.1) is 5.92 Å². The van der Waals surface area contributed by atoms with Crippen molar-refractivity contribution in [2.75, 3.05) is 6.54 Å². The SMILES string of the molecule is CC1CCC(C(F)(F)F)N(C(C)C)C1. The summed E-state index contributed by atoms with van der Waals surface area (Å²) >= 11 is 0. The van der Waals surface area contributed by atoms with Crippen molar-refractivity contribution in [3.05, 3.63) is 0 Å². The lowest BCUT2D eigenvalue weighted by atomic mass is 9.92. The zero-order valence-electron chi connectivity index (χ0n) is 8.93. The van der Waals surface area contributed by atoms with E-state index >= 15 is 0 Å². The highest BCUT2D eigenvalue weighted by molar-refractivity contribution is 4.86. The smallest absolute Gasteiger partial charge is 0.290 e. The summed E-state index contributed by atoms with van der Waals surface area (Å²) in [6, 6.07) is -1.25. The van der Waals surface area contributed by atoms with Gasteiger partial charge in [0, 0.05) is 12.6 Å². The van der Waals surface area contributed by atoms with Gasteiger partial charge in [-0.15, -0.1) is 0 Å². The molecule has 0 amide bonds. The molecule has 1 fully saturated rings. The van der Waals surface area contributed by atoms with Crippen LogP contribution in [0.4, 0.5) is 13.2 Å². The van der Waals surface area contributed by atoms with Crippen LogP contribution in [-0.2, 0) is 0 Å². The lowest BCUT2D eigenvalue weighted by molar-refractivity contribution is -0.199. The second kappa shape index (κ2) is 4.09. The minimum Gasteiger partial charge on any atom is -0.290 e. The predicted octanol–water partition coefficient (Wildman–Crippen LogP) is 3.06. The van der Waals surface area contributed by atoms with E-state index in [1.807, 2.05) is 20.8 Å². The topological polar surface area (TPSA) is 3.24 Å². The number of alkyl halides is 3. The van der Waals surface area contributed by atoms with E-state index in [1.54, 1.807) is 4.90 Å². The first-order valence-electron chi connectivity index (χ1n) is 5.15. The van der Waals surface area contributed by atoms with E-state index in [0.717, 1.165) is 0 Å². The third-order valence-corrected chi connectivity index (χ3v) is 2.90. The van der Waals surface area contributed by atoms with E-state index in [4.69, 9.17) is 0 Å². The van der Waals surface area contributed by atoms with Gasteiger partial charge in [-0.2, -0.15) is 13.2 Å². The zero-order chi connectivity index (χ0) is 10.9. The molecule has 2 unspecified atom stereocenters. The molecular weight excluding hydrogens is 191 g/mol. The highest BCUT2D eigenvalue weighted by Crippen LogP contribution is 2.34. The summed E-state index contributed by atoms with van der Waals surface area (Å²) in [6.45, 7) is 6.25. The molecule has 84 valence electrons. The lowest BCUT2D eigenvalue weighted by Gasteiger charge is -2.41. The number of hydrogen-bond donors (Lipinski definition) is 0. The van der Waals surface area contributed by atoms with Crippen molar-refractivity contribution in [3.8, 4) is 0 Å². The maximum absolute atomic E-state index is 12.6. The molecule has 1 saturated heterocycles. The van der Waals surface area contributed by atoms with Crippen LogP contribution in [0.1, 0.15) is 33.6 Å². The fourth-order valence-electron chi connectivity index (χ4n) is 2.11. The first-order chi connectivity index (χ1) is 6.32. The predicted molar refractivity (Wildman–Crippen MR) is 50.1 cm³/mol. The van der Waals surface area contributed by atoms with Gasteiger partial charge in [-0.3, -0.25) is 4.90 Å². The van der Waals surface area contributed by atoms with E-state index < -0.39 is 12.2 Å². The molecule has 0 spiro atoms. The van der Waals surface area contributed by atoms with Crippen LogP contribution < -0.4 is 0 Å². The molecule has 1 aliphatic heterocycles. The average molecular weight is 209 g/mol. The minimum absolute atomic E-state index is 0.0237. The quantitative estimate of drug-likeness (QED) is 0.641. The minimum atomic E-state index is -4.07. The molecule has 0 aromatic heterocycles. The van der Waals surface area contributed by atoms with Crippen LogP contribution in [0.2, 0.25) is 0 Å². The number of halogens is 3. The number of likely N-dealkylation sites (tertiary alicyclic amines) is 1. The fourth-order valence-corrected chi connectivity index (χ4v) is 2.11. The Bertz CT molecular complexity index is 188. The summed E-state index contributed by atoms with van der Waals surface area (Å²) in [5.41, 5.74) is 0. The van der Waals surface area contributed by atoms with Gasteiger partial charge >= 0.3 is 6.18 Å². The van der Waals surface area contributed by atoms with Crippen LogP contribution in [0.3, 0.4) is 0 Å². The molecule has 1 rings (SSSR count). The Kier molecular flexibility index (Phi) is 3.45. The molecule has 1 heterocycles. The Morgan fingerprint density at radius 2 is 1.79 bits per heavy atom. The highest BCUT2D eigenvalue weighted by Gasteiger charge is 2.46. The van der Waals surface area contributed by atoms with Gasteiger partial charge in [-0.1, -0.05) is 6.92 Å². The molecule has 0 N–H and O–H groups in total. The van der Waals surface area contributed by atoms with Gasteiger partial charge in [-0.05, 0) is 32.6 Å². The molecule has 4 heteroatoms. The van der Waals surface area contributed by atoms with Gasteiger partial charge in [-0.25, -0.2) is 0 Å². The molecule has 1 aliphatic rings. The maximum atomic E-state index is 12.6. The lowest BCUT2D eigenvalue weighted by Crippen LogP contribution is -2.53. The van der Waals surface area contributed by atoms with E-state index in [2.05, 4.69) is 0 Å². The molecule has 0 radical (unpaired) electrons. The average Bonchev–Trinajstić information content (AvgIpc) is 2.01. The Morgan fingerprint density at radius 3 is 2.21 bits per heavy atom. The molecule has 0 bridgehead atoms. The summed E-state index contributed by atoms with van der Waals surface area (Å²) in [4.78, 5) is 1.58. The van der Waals surface area contributed by atoms with Crippen molar-refractivity contribution >= 4 is 0 Å². The Hall–Kier alpha value is -0.250. The number of rotatable bonds is 1. The van der Waals surface area contributed by atoms with Crippen LogP contribution >= 0.6 is 0 Å². The molecule has 1 nitrogen and oxygen atoms in total. The van der Waals surface area contributed by atoms with Crippen LogP contribution in [0.5, 0.6) is 0 Å². The third kappa shape index (κ3) is 2.62. The molecule has 0 saturated carbocycles. The Morgan fingerprint density at radius 1 is 1.21 bits per heavy atom. The highest BCUT2D eigenvalue weighted by atomic mass is 19.4. The number of hydrogen-bond acceptors (Lipinski definition) is 1. The van der Waals surface area contributed by atoms with E-state index in [0.29, 0.717) is 18.9 Å². The Labute approximate surface area is 83.3 Å². The molecule has 0 aliphatic carbocycles. The number of piperidine rings is 1. The first-order valence-corrected chi connectivity index (χ1v) is 5.15. The third-order valence-electron chi connectivity index (χ3n) is 2.90. The molecule has 2 atom stereocenters. The summed E-state index contributed by atoms with van der Waals surface area (Å²) in [5, 5.41) is 0. The van der Waals surface area contributed by atoms with E-state index in [9.17, 15) is 13.2 Å². The maximum Gasteiger partial charge on any atom is 0.404 e. The van der Waals surface area contributed by atoms with Crippen LogP contribution in [0.25, 0.3) is 0 Å². The van der Waals surface area contributed by atoms with Crippen molar-refractivity contribution < 1.29 is 13.2 Å². The summed E-state index contributed by atoms with van der Waals surface area (Å²) in [5.74, 6) is 0.385. The van der Waals surface area contributed by atoms with Crippen molar-refractivity contribution in [1.82, 2.24) is 4.90 Å². The van der Waals surface area contributed by atoms with E-state index in [1.165, 1.54) is 0 Å². The normalized spacial score (nSPS) is 31.1. The molecular formula is C10H18F3N. The van der Waals surface area contributed by atoms with Crippen molar-refractivity contribution in [2.24, 2.45) is 5.92 Å². The monoisotopic (exact) mass is 209 g/mol. The summed E-state index contributed by atoms with van der Waals surface area (Å²) in [7, 11) is 0. The fraction of sp³-hybridized carbons (Fsp3) is 1.00. The van der Waals surface area contributed by atoms with Gasteiger partial charge in [0.1, 0.15) is 6.04 Å². The summed E-state index contributed by atoms with van der Waals surface area (Å²) < 4.78 is 37.9. The van der Waals surface area contributed by atoms with Crippen LogP contribution in [0.15, 0.2) is 0 Å². The number of nitrogens with zero attached hydrogens (tertiary/aromatic N) is 1. The van der Waals surface area contributed by atoms with Crippen molar-refractivity contribution in [3.63, 3.8) is 0 Å². The molecule has 0 aromatic rings. The Balaban J connectivity index is 2.73. The van der Waals surface area contributed by atoms with Crippen LogP contribution in [-0.4, -0.2) is 29.7 Å². The second-order valence-electron chi connectivity index (χ2n) is 4.53. The molecule has 14 heavy (non-hydrogen) atoms. The van der Waals surface area contributed by atoms with Gasteiger partial charge in [0.2, 0.25) is 0 Å².